The topological polar surface area (TPSA) is 91.3 Å². The highest BCUT2D eigenvalue weighted by Gasteiger charge is 2.26. The van der Waals surface area contributed by atoms with Crippen LogP contribution < -0.4 is 0 Å². The number of allylic oxidation sites excluding steroid dienone is 10. The number of hydrogen-bond donors (Lipinski definition) is 1. The van der Waals surface area contributed by atoms with Crippen LogP contribution in [0.1, 0.15) is 162 Å². The van der Waals surface area contributed by atoms with Crippen molar-refractivity contribution < 1.29 is 37.3 Å². The minimum Gasteiger partial charge on any atom is -0.457 e. The molecule has 0 radical (unpaired) electrons. The number of carbonyl (C=O) groups is 1. The van der Waals surface area contributed by atoms with Crippen molar-refractivity contribution in [1.29, 1.82) is 0 Å². The van der Waals surface area contributed by atoms with Crippen molar-refractivity contribution in [2.24, 2.45) is 0 Å². The van der Waals surface area contributed by atoms with Crippen LogP contribution >= 0.6 is 7.82 Å². The Hall–Kier alpha value is -1.80. The van der Waals surface area contributed by atoms with Gasteiger partial charge in [-0.3, -0.25) is 13.8 Å². The van der Waals surface area contributed by atoms with Crippen molar-refractivity contribution in [3.63, 3.8) is 0 Å². The van der Waals surface area contributed by atoms with Crippen LogP contribution in [0.25, 0.3) is 0 Å². The maximum absolute atomic E-state index is 12.6. The molecule has 0 saturated heterocycles. The summed E-state index contributed by atoms with van der Waals surface area (Å²) in [6.07, 6.45) is 46.8. The lowest BCUT2D eigenvalue weighted by molar-refractivity contribution is -0.870. The van der Waals surface area contributed by atoms with E-state index in [9.17, 15) is 14.3 Å². The number of ether oxygens (including phenoxy) is 2. The molecule has 0 aliphatic heterocycles. The minimum atomic E-state index is -4.28. The molecule has 0 bridgehead atoms. The van der Waals surface area contributed by atoms with Gasteiger partial charge in [0.1, 0.15) is 19.3 Å². The number of phosphoric acid groups is 1. The maximum atomic E-state index is 12.6. The standard InChI is InChI=1S/C45H82NO7P/c1-6-8-10-12-14-16-18-20-21-22-23-24-25-27-29-31-33-35-37-40-50-42-44(43-52-54(48,49)51-41-39-46(3,4)5)53-45(47)38-36-34-32-30-28-26-19-17-15-13-11-9-7-2/h9,11,15-18,21-22,26,28,44H,6-8,10,12-14,19-20,23-25,27,29-43H2,1-5H3/p+1/b11-9-,17-15-,18-16-,22-21-,28-26-. The lowest BCUT2D eigenvalue weighted by Crippen LogP contribution is -2.37. The molecule has 314 valence electrons. The van der Waals surface area contributed by atoms with E-state index in [0.717, 1.165) is 64.2 Å². The van der Waals surface area contributed by atoms with Crippen molar-refractivity contribution >= 4 is 13.8 Å². The number of phosphoric ester groups is 1. The number of nitrogens with zero attached hydrogens (tertiary/aromatic N) is 1. The first-order valence-electron chi connectivity index (χ1n) is 21.5. The summed E-state index contributed by atoms with van der Waals surface area (Å²) in [6.45, 7) is 5.42. The zero-order chi connectivity index (χ0) is 39.9. The van der Waals surface area contributed by atoms with E-state index in [-0.39, 0.29) is 25.8 Å². The van der Waals surface area contributed by atoms with E-state index in [1.807, 2.05) is 21.1 Å². The van der Waals surface area contributed by atoms with Crippen molar-refractivity contribution in [2.45, 2.75) is 168 Å². The molecule has 54 heavy (non-hydrogen) atoms. The van der Waals surface area contributed by atoms with Gasteiger partial charge in [-0.1, -0.05) is 139 Å². The second kappa shape index (κ2) is 38.1. The molecule has 9 heteroatoms. The van der Waals surface area contributed by atoms with Crippen LogP contribution in [-0.4, -0.2) is 75.6 Å². The smallest absolute Gasteiger partial charge is 0.457 e. The molecule has 0 aromatic carbocycles. The Balaban J connectivity index is 4.27. The number of rotatable bonds is 39. The van der Waals surface area contributed by atoms with Gasteiger partial charge in [-0.15, -0.1) is 0 Å². The Morgan fingerprint density at radius 1 is 0.593 bits per heavy atom. The first kappa shape index (κ1) is 52.2. The van der Waals surface area contributed by atoms with Crippen LogP contribution in [0.15, 0.2) is 60.8 Å². The predicted octanol–water partition coefficient (Wildman–Crippen LogP) is 12.5. The molecule has 8 nitrogen and oxygen atoms in total. The summed E-state index contributed by atoms with van der Waals surface area (Å²) in [5.41, 5.74) is 0. The molecular formula is C45H83NO7P+. The fourth-order valence-corrected chi connectivity index (χ4v) is 6.22. The van der Waals surface area contributed by atoms with E-state index in [4.69, 9.17) is 18.5 Å². The zero-order valence-corrected chi connectivity index (χ0v) is 36.3. The molecule has 2 atom stereocenters. The van der Waals surface area contributed by atoms with Crippen LogP contribution in [0.4, 0.5) is 0 Å². The molecule has 0 heterocycles. The number of esters is 1. The van der Waals surface area contributed by atoms with Gasteiger partial charge in [-0.05, 0) is 77.0 Å². The summed E-state index contributed by atoms with van der Waals surface area (Å²) >= 11 is 0. The van der Waals surface area contributed by atoms with Gasteiger partial charge in [0.25, 0.3) is 0 Å². The Morgan fingerprint density at radius 3 is 1.61 bits per heavy atom. The highest BCUT2D eigenvalue weighted by Crippen LogP contribution is 2.43. The lowest BCUT2D eigenvalue weighted by atomic mass is 10.1. The van der Waals surface area contributed by atoms with Gasteiger partial charge in [0.2, 0.25) is 0 Å². The number of hydrogen-bond acceptors (Lipinski definition) is 6. The summed E-state index contributed by atoms with van der Waals surface area (Å²) in [7, 11) is 1.63. The molecule has 0 aliphatic rings. The van der Waals surface area contributed by atoms with E-state index in [0.29, 0.717) is 24.1 Å². The van der Waals surface area contributed by atoms with Crippen molar-refractivity contribution in [2.75, 3.05) is 54.1 Å². The van der Waals surface area contributed by atoms with Crippen LogP contribution in [0, 0.1) is 0 Å². The maximum Gasteiger partial charge on any atom is 0.472 e. The number of quaternary nitrogens is 1. The van der Waals surface area contributed by atoms with Crippen molar-refractivity contribution in [3.05, 3.63) is 60.8 Å². The molecule has 0 fully saturated rings. The molecular weight excluding hydrogens is 697 g/mol. The van der Waals surface area contributed by atoms with Gasteiger partial charge < -0.3 is 18.9 Å². The average molecular weight is 781 g/mol. The van der Waals surface area contributed by atoms with E-state index >= 15 is 0 Å². The lowest BCUT2D eigenvalue weighted by Gasteiger charge is -2.24. The fraction of sp³-hybridized carbons (Fsp3) is 0.756. The molecule has 0 amide bonds. The van der Waals surface area contributed by atoms with Gasteiger partial charge in [-0.25, -0.2) is 4.57 Å². The summed E-state index contributed by atoms with van der Waals surface area (Å²) in [4.78, 5) is 22.8. The normalized spacial score (nSPS) is 14.4. The Bertz CT molecular complexity index is 1050. The van der Waals surface area contributed by atoms with Crippen LogP contribution in [0.3, 0.4) is 0 Å². The van der Waals surface area contributed by atoms with E-state index < -0.39 is 13.9 Å². The molecule has 1 N–H and O–H groups in total. The third-order valence-electron chi connectivity index (χ3n) is 8.81. The zero-order valence-electron chi connectivity index (χ0n) is 35.4. The van der Waals surface area contributed by atoms with Gasteiger partial charge in [0.05, 0.1) is 34.4 Å². The van der Waals surface area contributed by atoms with Gasteiger partial charge in [-0.2, -0.15) is 0 Å². The Kier molecular flexibility index (Phi) is 36.8. The van der Waals surface area contributed by atoms with Crippen molar-refractivity contribution in [3.8, 4) is 0 Å². The van der Waals surface area contributed by atoms with Crippen molar-refractivity contribution in [1.82, 2.24) is 0 Å². The van der Waals surface area contributed by atoms with E-state index in [1.54, 1.807) is 0 Å². The minimum absolute atomic E-state index is 0.0789. The van der Waals surface area contributed by atoms with Gasteiger partial charge in [0, 0.05) is 13.0 Å². The predicted molar refractivity (Wildman–Crippen MR) is 229 cm³/mol. The van der Waals surface area contributed by atoms with E-state index in [1.165, 1.54) is 77.0 Å². The summed E-state index contributed by atoms with van der Waals surface area (Å²) in [5.74, 6) is -0.347. The SMILES string of the molecule is CC/C=C\C/C=C\C/C=C\CCCCCC(=O)OC(COCCCCCCCCCC/C=C\C/C=C\CCCCCC)COP(=O)(O)OCC[N+](C)(C)C. The van der Waals surface area contributed by atoms with Gasteiger partial charge >= 0.3 is 13.8 Å². The Labute approximate surface area is 332 Å². The molecule has 0 aromatic heterocycles. The third-order valence-corrected chi connectivity index (χ3v) is 9.80. The monoisotopic (exact) mass is 781 g/mol. The average Bonchev–Trinajstić information content (AvgIpc) is 3.12. The number of likely N-dealkylation sites (N-methyl/N-ethyl adjacent to an activating group) is 1. The molecule has 0 saturated carbocycles. The van der Waals surface area contributed by atoms with E-state index in [2.05, 4.69) is 74.6 Å². The highest BCUT2D eigenvalue weighted by atomic mass is 31.2. The third kappa shape index (κ3) is 41.4. The van der Waals surface area contributed by atoms with Gasteiger partial charge in [0.15, 0.2) is 0 Å². The molecule has 0 spiro atoms. The first-order chi connectivity index (χ1) is 26.1. The number of carbonyl (C=O) groups excluding carboxylic acids is 1. The van der Waals surface area contributed by atoms with Crippen LogP contribution in [0.2, 0.25) is 0 Å². The Morgan fingerprint density at radius 2 is 1.07 bits per heavy atom. The highest BCUT2D eigenvalue weighted by molar-refractivity contribution is 7.47. The second-order valence-electron chi connectivity index (χ2n) is 15.3. The molecule has 0 aliphatic carbocycles. The first-order valence-corrected chi connectivity index (χ1v) is 23.0. The fourth-order valence-electron chi connectivity index (χ4n) is 5.48. The molecule has 0 rings (SSSR count). The van der Waals surface area contributed by atoms with Crippen LogP contribution in [-0.2, 0) is 27.9 Å². The van der Waals surface area contributed by atoms with Crippen LogP contribution in [0.5, 0.6) is 0 Å². The quantitative estimate of drug-likeness (QED) is 0.0218. The largest absolute Gasteiger partial charge is 0.472 e. The summed E-state index contributed by atoms with van der Waals surface area (Å²) in [6, 6.07) is 0. The number of unbranched alkanes of at least 4 members (excludes halogenated alkanes) is 15. The molecule has 0 aromatic rings. The second-order valence-corrected chi connectivity index (χ2v) is 16.8. The summed E-state index contributed by atoms with van der Waals surface area (Å²) in [5, 5.41) is 0. The summed E-state index contributed by atoms with van der Waals surface area (Å²) < 4.78 is 34.9. The molecule has 2 unspecified atom stereocenters.